The molecule has 7 nitrogen and oxygen atoms in total. The molecule has 4 rings (SSSR count). The third kappa shape index (κ3) is 4.42. The van der Waals surface area contributed by atoms with Crippen LogP contribution in [0.1, 0.15) is 37.8 Å². The summed E-state index contributed by atoms with van der Waals surface area (Å²) in [5.41, 5.74) is 1.81. The van der Waals surface area contributed by atoms with Crippen LogP contribution in [0.4, 0.5) is 5.69 Å². The van der Waals surface area contributed by atoms with Crippen LogP contribution in [0.2, 0.25) is 0 Å². The molecule has 2 heterocycles. The molecule has 2 aromatic rings. The molecular formula is C25H31N3O4S. The Kier molecular flexibility index (Phi) is 6.33. The minimum atomic E-state index is -3.78. The van der Waals surface area contributed by atoms with Gasteiger partial charge in [-0.2, -0.15) is 4.31 Å². The van der Waals surface area contributed by atoms with E-state index in [1.54, 1.807) is 30.1 Å². The Bertz CT molecular complexity index is 1160. The Labute approximate surface area is 195 Å². The molecule has 0 aliphatic carbocycles. The SMILES string of the molecule is CN1C(=O)C(C)(C)c2cc(S(=O)(=O)N3CCCC(C(=O)NCCc4ccccc4)C3)ccc21. The second kappa shape index (κ2) is 8.91. The zero-order valence-corrected chi connectivity index (χ0v) is 20.2. The first kappa shape index (κ1) is 23.4. The van der Waals surface area contributed by atoms with Crippen molar-refractivity contribution in [3.05, 3.63) is 59.7 Å². The largest absolute Gasteiger partial charge is 0.355 e. The number of nitrogens with one attached hydrogen (secondary N) is 1. The molecule has 1 saturated heterocycles. The smallest absolute Gasteiger partial charge is 0.243 e. The maximum Gasteiger partial charge on any atom is 0.243 e. The summed E-state index contributed by atoms with van der Waals surface area (Å²) in [6, 6.07) is 14.8. The Morgan fingerprint density at radius 3 is 2.61 bits per heavy atom. The number of benzene rings is 2. The Morgan fingerprint density at radius 1 is 1.15 bits per heavy atom. The van der Waals surface area contributed by atoms with E-state index in [0.29, 0.717) is 31.5 Å². The molecule has 8 heteroatoms. The monoisotopic (exact) mass is 469 g/mol. The number of amides is 2. The molecular weight excluding hydrogens is 438 g/mol. The topological polar surface area (TPSA) is 86.8 Å². The summed E-state index contributed by atoms with van der Waals surface area (Å²) in [7, 11) is -2.07. The number of anilines is 1. The number of nitrogens with zero attached hydrogens (tertiary/aromatic N) is 2. The molecule has 2 aromatic carbocycles. The van der Waals surface area contributed by atoms with E-state index in [4.69, 9.17) is 0 Å². The van der Waals surface area contributed by atoms with Gasteiger partial charge in [-0.1, -0.05) is 30.3 Å². The van der Waals surface area contributed by atoms with Gasteiger partial charge >= 0.3 is 0 Å². The van der Waals surface area contributed by atoms with Gasteiger partial charge in [0.1, 0.15) is 0 Å². The summed E-state index contributed by atoms with van der Waals surface area (Å²) in [6.45, 7) is 4.69. The summed E-state index contributed by atoms with van der Waals surface area (Å²) in [5.74, 6) is -0.534. The average molecular weight is 470 g/mol. The fourth-order valence-electron chi connectivity index (χ4n) is 4.76. The van der Waals surface area contributed by atoms with Crippen LogP contribution in [0.3, 0.4) is 0 Å². The first-order chi connectivity index (χ1) is 15.6. The highest BCUT2D eigenvalue weighted by atomic mass is 32.2. The van der Waals surface area contributed by atoms with Gasteiger partial charge in [0.15, 0.2) is 0 Å². The summed E-state index contributed by atoms with van der Waals surface area (Å²) in [6.07, 6.45) is 2.03. The predicted octanol–water partition coefficient (Wildman–Crippen LogP) is 2.70. The number of carbonyl (C=O) groups is 2. The number of carbonyl (C=O) groups excluding carboxylic acids is 2. The molecule has 1 unspecified atom stereocenters. The first-order valence-corrected chi connectivity index (χ1v) is 12.8. The minimum Gasteiger partial charge on any atom is -0.355 e. The molecule has 0 aromatic heterocycles. The van der Waals surface area contributed by atoms with Crippen LogP contribution < -0.4 is 10.2 Å². The van der Waals surface area contributed by atoms with E-state index in [2.05, 4.69) is 5.32 Å². The van der Waals surface area contributed by atoms with Gasteiger partial charge in [-0.15, -0.1) is 0 Å². The van der Waals surface area contributed by atoms with E-state index < -0.39 is 15.4 Å². The zero-order chi connectivity index (χ0) is 23.8. The predicted molar refractivity (Wildman–Crippen MR) is 128 cm³/mol. The third-order valence-corrected chi connectivity index (χ3v) is 8.65. The molecule has 1 fully saturated rings. The lowest BCUT2D eigenvalue weighted by atomic mass is 9.86. The third-order valence-electron chi connectivity index (χ3n) is 6.79. The lowest BCUT2D eigenvalue weighted by Gasteiger charge is -2.31. The van der Waals surface area contributed by atoms with Crippen molar-refractivity contribution in [2.24, 2.45) is 5.92 Å². The van der Waals surface area contributed by atoms with E-state index in [1.165, 1.54) is 4.31 Å². The van der Waals surface area contributed by atoms with Gasteiger partial charge in [0.2, 0.25) is 21.8 Å². The first-order valence-electron chi connectivity index (χ1n) is 11.4. The van der Waals surface area contributed by atoms with Gasteiger partial charge in [0, 0.05) is 32.4 Å². The summed E-state index contributed by atoms with van der Waals surface area (Å²) >= 11 is 0. The van der Waals surface area contributed by atoms with Gasteiger partial charge in [-0.3, -0.25) is 9.59 Å². The van der Waals surface area contributed by atoms with Gasteiger partial charge in [0.05, 0.1) is 16.2 Å². The van der Waals surface area contributed by atoms with E-state index >= 15 is 0 Å². The molecule has 0 saturated carbocycles. The normalized spacial score (nSPS) is 20.5. The molecule has 1 atom stereocenters. The number of rotatable bonds is 6. The molecule has 0 radical (unpaired) electrons. The van der Waals surface area contributed by atoms with Crippen molar-refractivity contribution < 1.29 is 18.0 Å². The van der Waals surface area contributed by atoms with Gasteiger partial charge < -0.3 is 10.2 Å². The summed E-state index contributed by atoms with van der Waals surface area (Å²) in [5, 5.41) is 2.96. The number of sulfonamides is 1. The van der Waals surface area contributed by atoms with Crippen molar-refractivity contribution in [3.8, 4) is 0 Å². The number of likely N-dealkylation sites (N-methyl/N-ethyl adjacent to an activating group) is 1. The molecule has 176 valence electrons. The highest BCUT2D eigenvalue weighted by Crippen LogP contribution is 2.42. The van der Waals surface area contributed by atoms with Crippen LogP contribution in [0.15, 0.2) is 53.4 Å². The molecule has 0 spiro atoms. The van der Waals surface area contributed by atoms with E-state index in [0.717, 1.165) is 17.7 Å². The number of piperidine rings is 1. The van der Waals surface area contributed by atoms with Crippen LogP contribution in [-0.4, -0.2) is 51.2 Å². The van der Waals surface area contributed by atoms with Crippen molar-refractivity contribution in [2.45, 2.75) is 43.4 Å². The molecule has 0 bridgehead atoms. The lowest BCUT2D eigenvalue weighted by Crippen LogP contribution is -2.45. The van der Waals surface area contributed by atoms with Crippen molar-refractivity contribution in [3.63, 3.8) is 0 Å². The molecule has 2 aliphatic rings. The van der Waals surface area contributed by atoms with E-state index in [1.807, 2.05) is 44.2 Å². The van der Waals surface area contributed by atoms with Crippen molar-refractivity contribution in [1.82, 2.24) is 9.62 Å². The van der Waals surface area contributed by atoms with Crippen LogP contribution in [0, 0.1) is 5.92 Å². The summed E-state index contributed by atoms with van der Waals surface area (Å²) in [4.78, 5) is 27.0. The van der Waals surface area contributed by atoms with Gasteiger partial charge in [-0.05, 0) is 62.4 Å². The maximum atomic E-state index is 13.4. The van der Waals surface area contributed by atoms with Crippen LogP contribution in [0.5, 0.6) is 0 Å². The maximum absolute atomic E-state index is 13.4. The molecule has 1 N–H and O–H groups in total. The van der Waals surface area contributed by atoms with E-state index in [9.17, 15) is 18.0 Å². The number of hydrogen-bond acceptors (Lipinski definition) is 4. The summed E-state index contributed by atoms with van der Waals surface area (Å²) < 4.78 is 28.3. The Morgan fingerprint density at radius 2 is 1.88 bits per heavy atom. The van der Waals surface area contributed by atoms with E-state index in [-0.39, 0.29) is 29.2 Å². The van der Waals surface area contributed by atoms with Gasteiger partial charge in [-0.25, -0.2) is 8.42 Å². The number of hydrogen-bond donors (Lipinski definition) is 1. The van der Waals surface area contributed by atoms with Crippen molar-refractivity contribution in [1.29, 1.82) is 0 Å². The number of fused-ring (bicyclic) bond motifs is 1. The lowest BCUT2D eigenvalue weighted by molar-refractivity contribution is -0.126. The van der Waals surface area contributed by atoms with Crippen molar-refractivity contribution in [2.75, 3.05) is 31.6 Å². The highest BCUT2D eigenvalue weighted by Gasteiger charge is 2.43. The van der Waals surface area contributed by atoms with Gasteiger partial charge in [0.25, 0.3) is 0 Å². The second-order valence-corrected chi connectivity index (χ2v) is 11.3. The van der Waals surface area contributed by atoms with Crippen molar-refractivity contribution >= 4 is 27.5 Å². The molecule has 2 aliphatic heterocycles. The van der Waals surface area contributed by atoms with Crippen LogP contribution >= 0.6 is 0 Å². The van der Waals surface area contributed by atoms with Crippen LogP contribution in [0.25, 0.3) is 0 Å². The standard InChI is InChI=1S/C25H31N3O4S/c1-25(2)21-16-20(11-12-22(21)27(3)24(25)30)33(31,32)28-15-7-10-19(17-28)23(29)26-14-13-18-8-5-4-6-9-18/h4-6,8-9,11-12,16,19H,7,10,13-15,17H2,1-3H3,(H,26,29). The molecule has 33 heavy (non-hydrogen) atoms. The Balaban J connectivity index is 1.45. The second-order valence-electron chi connectivity index (χ2n) is 9.40. The highest BCUT2D eigenvalue weighted by molar-refractivity contribution is 7.89. The zero-order valence-electron chi connectivity index (χ0n) is 19.4. The average Bonchev–Trinajstić information content (AvgIpc) is 2.99. The molecule has 2 amide bonds. The minimum absolute atomic E-state index is 0.0581. The fourth-order valence-corrected chi connectivity index (χ4v) is 6.31. The quantitative estimate of drug-likeness (QED) is 0.705. The Hall–Kier alpha value is -2.71. The van der Waals surface area contributed by atoms with Crippen LogP contribution in [-0.2, 0) is 31.4 Å². The fraction of sp³-hybridized carbons (Fsp3) is 0.440.